The summed E-state index contributed by atoms with van der Waals surface area (Å²) in [5.74, 6) is 1.69. The summed E-state index contributed by atoms with van der Waals surface area (Å²) in [5.41, 5.74) is 0.692. The Balaban J connectivity index is 1.79. The van der Waals surface area contributed by atoms with E-state index in [-0.39, 0.29) is 0 Å². The van der Waals surface area contributed by atoms with Crippen molar-refractivity contribution in [3.63, 3.8) is 0 Å². The van der Waals surface area contributed by atoms with Crippen molar-refractivity contribution in [2.24, 2.45) is 5.92 Å². The first-order valence-electron chi connectivity index (χ1n) is 6.21. The number of anilines is 1. The van der Waals surface area contributed by atoms with Crippen molar-refractivity contribution in [3.8, 4) is 6.07 Å². The summed E-state index contributed by atoms with van der Waals surface area (Å²) in [4.78, 5) is 6.67. The maximum Gasteiger partial charge on any atom is 0.129 e. The summed E-state index contributed by atoms with van der Waals surface area (Å²) in [6.07, 6.45) is 4.32. The Labute approximate surface area is 101 Å². The molecule has 0 aromatic carbocycles. The van der Waals surface area contributed by atoms with E-state index in [1.165, 1.54) is 12.8 Å². The van der Waals surface area contributed by atoms with Gasteiger partial charge in [0.25, 0.3) is 0 Å². The molecule has 4 nitrogen and oxygen atoms in total. The molecule has 0 bridgehead atoms. The zero-order chi connectivity index (χ0) is 11.7. The van der Waals surface area contributed by atoms with E-state index in [0.29, 0.717) is 11.6 Å². The van der Waals surface area contributed by atoms with E-state index in [1.807, 2.05) is 6.07 Å². The lowest BCUT2D eigenvalue weighted by atomic mass is 9.94. The Morgan fingerprint density at radius 3 is 3.24 bits per heavy atom. The van der Waals surface area contributed by atoms with Crippen LogP contribution < -0.4 is 10.2 Å². The second-order valence-electron chi connectivity index (χ2n) is 4.88. The molecule has 0 saturated carbocycles. The van der Waals surface area contributed by atoms with Crippen LogP contribution in [0, 0.1) is 17.2 Å². The van der Waals surface area contributed by atoms with Gasteiger partial charge in [-0.3, -0.25) is 0 Å². The molecule has 0 aliphatic carbocycles. The van der Waals surface area contributed by atoms with Gasteiger partial charge in [0.2, 0.25) is 0 Å². The highest BCUT2D eigenvalue weighted by Gasteiger charge is 2.34. The summed E-state index contributed by atoms with van der Waals surface area (Å²) >= 11 is 0. The van der Waals surface area contributed by atoms with Crippen molar-refractivity contribution >= 4 is 5.82 Å². The van der Waals surface area contributed by atoms with Gasteiger partial charge in [-0.05, 0) is 37.4 Å². The van der Waals surface area contributed by atoms with Crippen LogP contribution in [0.5, 0.6) is 0 Å². The highest BCUT2D eigenvalue weighted by molar-refractivity contribution is 5.46. The summed E-state index contributed by atoms with van der Waals surface area (Å²) in [5, 5.41) is 12.5. The minimum atomic E-state index is 0.608. The molecule has 1 aromatic heterocycles. The number of nitriles is 1. The van der Waals surface area contributed by atoms with Crippen LogP contribution in [0.4, 0.5) is 5.82 Å². The lowest BCUT2D eigenvalue weighted by Crippen LogP contribution is -2.40. The van der Waals surface area contributed by atoms with Crippen molar-refractivity contribution in [3.05, 3.63) is 23.9 Å². The predicted molar refractivity (Wildman–Crippen MR) is 65.7 cm³/mol. The molecule has 1 aromatic rings. The number of hydrogen-bond donors (Lipinski definition) is 1. The van der Waals surface area contributed by atoms with Crippen molar-refractivity contribution < 1.29 is 0 Å². The summed E-state index contributed by atoms with van der Waals surface area (Å²) in [7, 11) is 0. The number of piperidine rings is 1. The SMILES string of the molecule is N#Cc1ccnc(N2C[C@@H]3CCCN[C@@H]3C2)c1. The molecule has 88 valence electrons. The number of hydrogen-bond acceptors (Lipinski definition) is 4. The Morgan fingerprint density at radius 1 is 1.47 bits per heavy atom. The zero-order valence-electron chi connectivity index (χ0n) is 9.76. The van der Waals surface area contributed by atoms with E-state index in [4.69, 9.17) is 5.26 Å². The van der Waals surface area contributed by atoms with Crippen molar-refractivity contribution in [1.82, 2.24) is 10.3 Å². The van der Waals surface area contributed by atoms with Crippen molar-refractivity contribution in [2.45, 2.75) is 18.9 Å². The number of aromatic nitrogens is 1. The van der Waals surface area contributed by atoms with Gasteiger partial charge in [0, 0.05) is 25.3 Å². The monoisotopic (exact) mass is 228 g/mol. The van der Waals surface area contributed by atoms with Gasteiger partial charge in [0.05, 0.1) is 11.6 Å². The number of fused-ring (bicyclic) bond motifs is 1. The Kier molecular flexibility index (Phi) is 2.69. The molecular weight excluding hydrogens is 212 g/mol. The molecule has 1 N–H and O–H groups in total. The van der Waals surface area contributed by atoms with Crippen LogP contribution >= 0.6 is 0 Å². The van der Waals surface area contributed by atoms with Crippen LogP contribution in [0.15, 0.2) is 18.3 Å². The second-order valence-corrected chi connectivity index (χ2v) is 4.88. The van der Waals surface area contributed by atoms with Crippen LogP contribution in [0.3, 0.4) is 0 Å². The van der Waals surface area contributed by atoms with Crippen LogP contribution in [-0.4, -0.2) is 30.7 Å². The molecule has 4 heteroatoms. The van der Waals surface area contributed by atoms with Gasteiger partial charge in [0.1, 0.15) is 5.82 Å². The fourth-order valence-corrected chi connectivity index (χ4v) is 2.89. The third-order valence-corrected chi connectivity index (χ3v) is 3.80. The lowest BCUT2D eigenvalue weighted by molar-refractivity contribution is 0.340. The number of nitrogens with zero attached hydrogens (tertiary/aromatic N) is 3. The molecule has 17 heavy (non-hydrogen) atoms. The zero-order valence-corrected chi connectivity index (χ0v) is 9.76. The van der Waals surface area contributed by atoms with Crippen LogP contribution in [0.1, 0.15) is 18.4 Å². The van der Waals surface area contributed by atoms with Crippen LogP contribution in [0.2, 0.25) is 0 Å². The fraction of sp³-hybridized carbons (Fsp3) is 0.538. The predicted octanol–water partition coefficient (Wildman–Crippen LogP) is 1.14. The minimum Gasteiger partial charge on any atom is -0.355 e. The molecule has 2 aliphatic rings. The van der Waals surface area contributed by atoms with Gasteiger partial charge in [0.15, 0.2) is 0 Å². The maximum absolute atomic E-state index is 8.90. The van der Waals surface area contributed by atoms with Gasteiger partial charge in [-0.25, -0.2) is 4.98 Å². The smallest absolute Gasteiger partial charge is 0.129 e. The highest BCUT2D eigenvalue weighted by atomic mass is 15.2. The Hall–Kier alpha value is -1.60. The molecule has 2 atom stereocenters. The van der Waals surface area contributed by atoms with E-state index in [1.54, 1.807) is 12.3 Å². The molecule has 0 unspecified atom stereocenters. The number of nitrogens with one attached hydrogen (secondary N) is 1. The number of pyridine rings is 1. The normalized spacial score (nSPS) is 27.6. The average Bonchev–Trinajstić information content (AvgIpc) is 2.82. The molecule has 2 aliphatic heterocycles. The van der Waals surface area contributed by atoms with E-state index >= 15 is 0 Å². The Morgan fingerprint density at radius 2 is 2.41 bits per heavy atom. The summed E-state index contributed by atoms with van der Waals surface area (Å²) in [6.45, 7) is 3.23. The van der Waals surface area contributed by atoms with E-state index in [0.717, 1.165) is 31.4 Å². The van der Waals surface area contributed by atoms with Crippen LogP contribution in [0.25, 0.3) is 0 Å². The standard InChI is InChI=1S/C13H16N4/c14-7-10-3-5-16-13(6-10)17-8-11-2-1-4-15-12(11)9-17/h3,5-6,11-12,15H,1-2,4,8-9H2/t11-,12+/m0/s1. The summed E-state index contributed by atoms with van der Waals surface area (Å²) < 4.78 is 0. The molecule has 3 heterocycles. The average molecular weight is 228 g/mol. The molecule has 2 fully saturated rings. The summed E-state index contributed by atoms with van der Waals surface area (Å²) in [6, 6.07) is 6.42. The van der Waals surface area contributed by atoms with Crippen molar-refractivity contribution in [1.29, 1.82) is 5.26 Å². The second kappa shape index (κ2) is 4.34. The maximum atomic E-state index is 8.90. The number of rotatable bonds is 1. The van der Waals surface area contributed by atoms with E-state index in [9.17, 15) is 0 Å². The first kappa shape index (κ1) is 10.5. The topological polar surface area (TPSA) is 52.0 Å². The third-order valence-electron chi connectivity index (χ3n) is 3.80. The van der Waals surface area contributed by atoms with Gasteiger partial charge in [-0.2, -0.15) is 5.26 Å². The molecular formula is C13H16N4. The molecule has 0 radical (unpaired) electrons. The van der Waals surface area contributed by atoms with Gasteiger partial charge in [-0.1, -0.05) is 0 Å². The first-order chi connectivity index (χ1) is 8.36. The first-order valence-corrected chi connectivity index (χ1v) is 6.21. The molecule has 3 rings (SSSR count). The lowest BCUT2D eigenvalue weighted by Gasteiger charge is -2.24. The highest BCUT2D eigenvalue weighted by Crippen LogP contribution is 2.28. The third kappa shape index (κ3) is 1.98. The largest absolute Gasteiger partial charge is 0.355 e. The van der Waals surface area contributed by atoms with Gasteiger partial charge >= 0.3 is 0 Å². The molecule has 0 amide bonds. The molecule has 2 saturated heterocycles. The quantitative estimate of drug-likeness (QED) is 0.783. The minimum absolute atomic E-state index is 0.608. The molecule has 0 spiro atoms. The van der Waals surface area contributed by atoms with E-state index < -0.39 is 0 Å². The van der Waals surface area contributed by atoms with Gasteiger partial charge < -0.3 is 10.2 Å². The van der Waals surface area contributed by atoms with E-state index in [2.05, 4.69) is 21.3 Å². The van der Waals surface area contributed by atoms with Crippen LogP contribution in [-0.2, 0) is 0 Å². The van der Waals surface area contributed by atoms with Gasteiger partial charge in [-0.15, -0.1) is 0 Å². The fourth-order valence-electron chi connectivity index (χ4n) is 2.89. The Bertz CT molecular complexity index is 437. The van der Waals surface area contributed by atoms with Crippen molar-refractivity contribution in [2.75, 3.05) is 24.5 Å².